The van der Waals surface area contributed by atoms with Gasteiger partial charge in [0.25, 0.3) is 0 Å². The summed E-state index contributed by atoms with van der Waals surface area (Å²) in [4.78, 5) is 17.0. The van der Waals surface area contributed by atoms with Crippen molar-refractivity contribution in [3.63, 3.8) is 0 Å². The van der Waals surface area contributed by atoms with Crippen LogP contribution in [0.1, 0.15) is 5.56 Å². The molecule has 2 N–H and O–H groups in total. The van der Waals surface area contributed by atoms with E-state index in [1.54, 1.807) is 30.6 Å². The zero-order valence-electron chi connectivity index (χ0n) is 16.5. The molecule has 0 saturated carbocycles. The van der Waals surface area contributed by atoms with Crippen LogP contribution < -0.4 is 15.4 Å². The van der Waals surface area contributed by atoms with Crippen molar-refractivity contribution in [3.8, 4) is 16.3 Å². The van der Waals surface area contributed by atoms with E-state index in [1.807, 2.05) is 54.6 Å². The number of carbonyl (C=O) groups excluding carboxylic acids is 1. The summed E-state index contributed by atoms with van der Waals surface area (Å²) in [5.74, 6) is 0.389. The van der Waals surface area contributed by atoms with Crippen molar-refractivity contribution in [1.29, 1.82) is 0 Å². The lowest BCUT2D eigenvalue weighted by Gasteiger charge is -2.14. The first-order chi connectivity index (χ1) is 15.0. The van der Waals surface area contributed by atoms with Crippen LogP contribution in [0.2, 0.25) is 5.02 Å². The Hall–Kier alpha value is -3.00. The number of halogens is 1. The quantitative estimate of drug-likeness (QED) is 0.370. The number of thiazole rings is 1. The van der Waals surface area contributed by atoms with Gasteiger partial charge in [-0.2, -0.15) is 0 Å². The maximum absolute atomic E-state index is 12.3. The van der Waals surface area contributed by atoms with Gasteiger partial charge < -0.3 is 15.4 Å². The summed E-state index contributed by atoms with van der Waals surface area (Å²) in [6, 6.07) is 20.8. The minimum absolute atomic E-state index is 0.193. The zero-order valence-corrected chi connectivity index (χ0v) is 18.9. The largest absolute Gasteiger partial charge is 0.495 e. The molecular formula is C23H18ClN3O2S2. The predicted octanol–water partition coefficient (Wildman–Crippen LogP) is 5.68. The first-order valence-corrected chi connectivity index (χ1v) is 11.0. The summed E-state index contributed by atoms with van der Waals surface area (Å²) in [5.41, 5.74) is 3.38. The first-order valence-electron chi connectivity index (χ1n) is 9.41. The standard InChI is InChI=1S/C23H18ClN3O2S2/c1-29-19-11-8-15(22-25-17-4-2-3-5-20(17)31-22)13-18(19)26-23(30)27-21(28)12-14-6-9-16(24)10-7-14/h2-11,13H,12H2,1H3,(H2,26,27,28,30). The number of para-hydroxylation sites is 1. The van der Waals surface area contributed by atoms with E-state index in [-0.39, 0.29) is 17.4 Å². The van der Waals surface area contributed by atoms with E-state index in [9.17, 15) is 4.79 Å². The Morgan fingerprint density at radius 1 is 1.13 bits per heavy atom. The second kappa shape index (κ2) is 9.43. The highest BCUT2D eigenvalue weighted by molar-refractivity contribution is 7.80. The molecule has 0 radical (unpaired) electrons. The second-order valence-corrected chi connectivity index (χ2v) is 8.58. The Bertz CT molecular complexity index is 1220. The number of hydrogen-bond acceptors (Lipinski definition) is 5. The van der Waals surface area contributed by atoms with Crippen molar-refractivity contribution in [3.05, 3.63) is 77.3 Å². The van der Waals surface area contributed by atoms with Gasteiger partial charge in [-0.15, -0.1) is 11.3 Å². The molecule has 0 bridgehead atoms. The maximum atomic E-state index is 12.3. The third-order valence-corrected chi connectivity index (χ3v) is 6.06. The minimum Gasteiger partial charge on any atom is -0.495 e. The second-order valence-electron chi connectivity index (χ2n) is 6.71. The summed E-state index contributed by atoms with van der Waals surface area (Å²) in [6.07, 6.45) is 0.196. The lowest BCUT2D eigenvalue weighted by atomic mass is 10.1. The monoisotopic (exact) mass is 467 g/mol. The van der Waals surface area contributed by atoms with Crippen LogP contribution >= 0.6 is 35.2 Å². The van der Waals surface area contributed by atoms with Crippen LogP contribution in [0.15, 0.2) is 66.7 Å². The third kappa shape index (κ3) is 5.19. The molecule has 4 rings (SSSR count). The summed E-state index contributed by atoms with van der Waals surface area (Å²) < 4.78 is 6.56. The molecule has 0 aliphatic rings. The van der Waals surface area contributed by atoms with Crippen molar-refractivity contribution in [2.45, 2.75) is 6.42 Å². The molecule has 0 atom stereocenters. The highest BCUT2D eigenvalue weighted by Gasteiger charge is 2.12. The molecule has 8 heteroatoms. The number of amides is 1. The van der Waals surface area contributed by atoms with Crippen LogP contribution in [0.3, 0.4) is 0 Å². The van der Waals surface area contributed by atoms with Crippen LogP contribution in [0.5, 0.6) is 5.75 Å². The Balaban J connectivity index is 1.48. The van der Waals surface area contributed by atoms with E-state index in [0.29, 0.717) is 16.5 Å². The number of ether oxygens (including phenoxy) is 1. The van der Waals surface area contributed by atoms with E-state index < -0.39 is 0 Å². The Morgan fingerprint density at radius 2 is 1.90 bits per heavy atom. The van der Waals surface area contributed by atoms with Gasteiger partial charge in [0, 0.05) is 10.6 Å². The molecule has 0 aliphatic carbocycles. The predicted molar refractivity (Wildman–Crippen MR) is 131 cm³/mol. The van der Waals surface area contributed by atoms with Gasteiger partial charge in [-0.3, -0.25) is 4.79 Å². The molecule has 5 nitrogen and oxygen atoms in total. The zero-order chi connectivity index (χ0) is 21.8. The minimum atomic E-state index is -0.221. The molecule has 3 aromatic carbocycles. The lowest BCUT2D eigenvalue weighted by molar-refractivity contribution is -0.119. The fourth-order valence-electron chi connectivity index (χ4n) is 3.05. The number of benzene rings is 3. The van der Waals surface area contributed by atoms with Gasteiger partial charge in [-0.25, -0.2) is 4.98 Å². The lowest BCUT2D eigenvalue weighted by Crippen LogP contribution is -2.35. The summed E-state index contributed by atoms with van der Waals surface area (Å²) in [7, 11) is 1.58. The van der Waals surface area contributed by atoms with Crippen LogP contribution in [0, 0.1) is 0 Å². The van der Waals surface area contributed by atoms with Crippen LogP contribution in [0.4, 0.5) is 5.69 Å². The number of nitrogens with zero attached hydrogens (tertiary/aromatic N) is 1. The summed E-state index contributed by atoms with van der Waals surface area (Å²) in [5, 5.41) is 7.48. The van der Waals surface area contributed by atoms with Crippen LogP contribution in [-0.2, 0) is 11.2 Å². The topological polar surface area (TPSA) is 63.2 Å². The Morgan fingerprint density at radius 3 is 2.65 bits per heavy atom. The highest BCUT2D eigenvalue weighted by atomic mass is 35.5. The average Bonchev–Trinajstić information content (AvgIpc) is 3.19. The van der Waals surface area contributed by atoms with Crippen molar-refractivity contribution < 1.29 is 9.53 Å². The number of methoxy groups -OCH3 is 1. The van der Waals surface area contributed by atoms with E-state index >= 15 is 0 Å². The van der Waals surface area contributed by atoms with Crippen molar-refractivity contribution in [1.82, 2.24) is 10.3 Å². The molecule has 156 valence electrons. The van der Waals surface area contributed by atoms with Crippen LogP contribution in [0.25, 0.3) is 20.8 Å². The molecular weight excluding hydrogens is 450 g/mol. The first kappa shape index (κ1) is 21.2. The fraction of sp³-hybridized carbons (Fsp3) is 0.0870. The molecule has 31 heavy (non-hydrogen) atoms. The van der Waals surface area contributed by atoms with Gasteiger partial charge in [0.2, 0.25) is 5.91 Å². The summed E-state index contributed by atoms with van der Waals surface area (Å²) in [6.45, 7) is 0. The molecule has 0 unspecified atom stereocenters. The van der Waals surface area contributed by atoms with Gasteiger partial charge in [-0.05, 0) is 60.2 Å². The molecule has 1 amide bonds. The normalized spacial score (nSPS) is 10.6. The molecule has 0 saturated heterocycles. The van der Waals surface area contributed by atoms with Crippen molar-refractivity contribution >= 4 is 62.1 Å². The number of aromatic nitrogens is 1. The van der Waals surface area contributed by atoms with E-state index in [4.69, 9.17) is 33.5 Å². The molecule has 0 aliphatic heterocycles. The van der Waals surface area contributed by atoms with Gasteiger partial charge in [0.1, 0.15) is 10.8 Å². The third-order valence-electron chi connectivity index (χ3n) is 4.52. The molecule has 0 spiro atoms. The SMILES string of the molecule is COc1ccc(-c2nc3ccccc3s2)cc1NC(=S)NC(=O)Cc1ccc(Cl)cc1. The highest BCUT2D eigenvalue weighted by Crippen LogP contribution is 2.34. The fourth-order valence-corrected chi connectivity index (χ4v) is 4.36. The van der Waals surface area contributed by atoms with Gasteiger partial charge in [0.15, 0.2) is 5.11 Å². The maximum Gasteiger partial charge on any atom is 0.230 e. The molecule has 1 heterocycles. The Labute approximate surface area is 194 Å². The van der Waals surface area contributed by atoms with Crippen LogP contribution in [-0.4, -0.2) is 23.1 Å². The molecule has 4 aromatic rings. The van der Waals surface area contributed by atoms with Gasteiger partial charge in [0.05, 0.1) is 29.4 Å². The molecule has 0 fully saturated rings. The number of thiocarbonyl (C=S) groups is 1. The average molecular weight is 468 g/mol. The van der Waals surface area contributed by atoms with Crippen molar-refractivity contribution in [2.24, 2.45) is 0 Å². The Kier molecular flexibility index (Phi) is 6.46. The number of fused-ring (bicyclic) bond motifs is 1. The number of hydrogen-bond donors (Lipinski definition) is 2. The molecule has 1 aromatic heterocycles. The van der Waals surface area contributed by atoms with E-state index in [1.165, 1.54) is 0 Å². The van der Waals surface area contributed by atoms with E-state index in [2.05, 4.69) is 10.6 Å². The summed E-state index contributed by atoms with van der Waals surface area (Å²) >= 11 is 12.8. The van der Waals surface area contributed by atoms with Gasteiger partial charge >= 0.3 is 0 Å². The number of carbonyl (C=O) groups is 1. The van der Waals surface area contributed by atoms with Crippen molar-refractivity contribution in [2.75, 3.05) is 12.4 Å². The number of anilines is 1. The number of nitrogens with one attached hydrogen (secondary N) is 2. The number of rotatable bonds is 5. The van der Waals surface area contributed by atoms with Gasteiger partial charge in [-0.1, -0.05) is 35.9 Å². The smallest absolute Gasteiger partial charge is 0.230 e. The van der Waals surface area contributed by atoms with E-state index in [0.717, 1.165) is 26.4 Å².